The van der Waals surface area contributed by atoms with E-state index >= 15 is 0 Å². The normalized spacial score (nSPS) is 15.6. The molecule has 1 aromatic carbocycles. The minimum Gasteiger partial charge on any atom is -0.379 e. The summed E-state index contributed by atoms with van der Waals surface area (Å²) in [6, 6.07) is 8.15. The van der Waals surface area contributed by atoms with Crippen molar-refractivity contribution in [2.45, 2.75) is 39.5 Å². The summed E-state index contributed by atoms with van der Waals surface area (Å²) in [7, 11) is 0. The lowest BCUT2D eigenvalue weighted by atomic mass is 9.86. The van der Waals surface area contributed by atoms with Crippen LogP contribution >= 0.6 is 0 Å². The average Bonchev–Trinajstić information content (AvgIpc) is 3.07. The van der Waals surface area contributed by atoms with Crippen LogP contribution in [0.1, 0.15) is 48.8 Å². The van der Waals surface area contributed by atoms with Crippen LogP contribution in [0.3, 0.4) is 0 Å². The molecule has 0 atom stereocenters. The van der Waals surface area contributed by atoms with Crippen LogP contribution in [-0.2, 0) is 10.2 Å². The number of nitrogens with one attached hydrogen (secondary N) is 1. The van der Waals surface area contributed by atoms with Gasteiger partial charge in [-0.3, -0.25) is 9.69 Å². The lowest BCUT2D eigenvalue weighted by Gasteiger charge is -2.26. The maximum absolute atomic E-state index is 12.8. The van der Waals surface area contributed by atoms with E-state index in [1.165, 1.54) is 5.56 Å². The highest BCUT2D eigenvalue weighted by atomic mass is 16.5. The quantitative estimate of drug-likeness (QED) is 0.772. The minimum absolute atomic E-state index is 0.0799. The molecule has 1 aliphatic rings. The van der Waals surface area contributed by atoms with Gasteiger partial charge in [0.05, 0.1) is 18.9 Å². The Morgan fingerprint density at radius 3 is 2.50 bits per heavy atom. The number of nitrogens with zero attached hydrogens (tertiary/aromatic N) is 2. The van der Waals surface area contributed by atoms with Crippen LogP contribution in [0.2, 0.25) is 0 Å². The van der Waals surface area contributed by atoms with E-state index in [9.17, 15) is 4.79 Å². The lowest BCUT2D eigenvalue weighted by molar-refractivity contribution is 0.0374. The third-order valence-electron chi connectivity index (χ3n) is 5.14. The zero-order chi connectivity index (χ0) is 20.1. The molecule has 0 aliphatic carbocycles. The van der Waals surface area contributed by atoms with Gasteiger partial charge in [-0.25, -0.2) is 0 Å². The number of ether oxygens (including phenoxy) is 1. The number of morpholine rings is 1. The molecule has 0 unspecified atom stereocenters. The van der Waals surface area contributed by atoms with Crippen molar-refractivity contribution in [1.29, 1.82) is 0 Å². The van der Waals surface area contributed by atoms with E-state index in [0.717, 1.165) is 44.8 Å². The van der Waals surface area contributed by atoms with Crippen molar-refractivity contribution in [3.63, 3.8) is 0 Å². The van der Waals surface area contributed by atoms with Crippen molar-refractivity contribution in [3.05, 3.63) is 41.1 Å². The second-order valence-electron chi connectivity index (χ2n) is 8.36. The maximum atomic E-state index is 12.8. The third kappa shape index (κ3) is 5.00. The molecule has 1 N–H and O–H groups in total. The highest BCUT2D eigenvalue weighted by molar-refractivity contribution is 6.00. The van der Waals surface area contributed by atoms with E-state index in [4.69, 9.17) is 9.26 Å². The monoisotopic (exact) mass is 385 g/mol. The largest absolute Gasteiger partial charge is 0.379 e. The van der Waals surface area contributed by atoms with E-state index in [1.54, 1.807) is 6.92 Å². The fourth-order valence-electron chi connectivity index (χ4n) is 3.37. The number of carbonyl (C=O) groups is 1. The summed E-state index contributed by atoms with van der Waals surface area (Å²) >= 11 is 0. The second-order valence-corrected chi connectivity index (χ2v) is 8.36. The zero-order valence-electron chi connectivity index (χ0n) is 17.4. The second kappa shape index (κ2) is 8.88. The average molecular weight is 386 g/mol. The predicted molar refractivity (Wildman–Crippen MR) is 110 cm³/mol. The minimum atomic E-state index is -0.129. The molecule has 1 fully saturated rings. The Morgan fingerprint density at radius 2 is 1.86 bits per heavy atom. The van der Waals surface area contributed by atoms with Crippen molar-refractivity contribution in [2.24, 2.45) is 0 Å². The van der Waals surface area contributed by atoms with Gasteiger partial charge >= 0.3 is 0 Å². The van der Waals surface area contributed by atoms with Crippen LogP contribution in [0.5, 0.6) is 0 Å². The summed E-state index contributed by atoms with van der Waals surface area (Å²) in [5, 5.41) is 7.04. The fraction of sp³-hybridized carbons (Fsp3) is 0.545. The molecular weight excluding hydrogens is 354 g/mol. The summed E-state index contributed by atoms with van der Waals surface area (Å²) in [4.78, 5) is 15.1. The van der Waals surface area contributed by atoms with Crippen molar-refractivity contribution < 1.29 is 14.1 Å². The summed E-state index contributed by atoms with van der Waals surface area (Å²) in [5.74, 6) is 0.402. The molecule has 2 aromatic rings. The molecule has 1 amide bonds. The Balaban J connectivity index is 1.62. The number of hydrogen-bond acceptors (Lipinski definition) is 5. The van der Waals surface area contributed by atoms with Gasteiger partial charge in [-0.1, -0.05) is 50.2 Å². The third-order valence-corrected chi connectivity index (χ3v) is 5.14. The first-order valence-corrected chi connectivity index (χ1v) is 10.0. The van der Waals surface area contributed by atoms with Crippen LogP contribution in [0.15, 0.2) is 28.8 Å². The fourth-order valence-corrected chi connectivity index (χ4v) is 3.37. The van der Waals surface area contributed by atoms with Gasteiger partial charge in [0.2, 0.25) is 0 Å². The first-order chi connectivity index (χ1) is 13.4. The van der Waals surface area contributed by atoms with E-state index in [0.29, 0.717) is 23.6 Å². The molecule has 152 valence electrons. The first kappa shape index (κ1) is 20.6. The van der Waals surface area contributed by atoms with Crippen LogP contribution in [-0.4, -0.2) is 55.4 Å². The van der Waals surface area contributed by atoms with Gasteiger partial charge in [-0.15, -0.1) is 0 Å². The highest BCUT2D eigenvalue weighted by Crippen LogP contribution is 2.29. The molecule has 1 aromatic heterocycles. The first-order valence-electron chi connectivity index (χ1n) is 10.0. The molecule has 0 saturated carbocycles. The molecule has 6 nitrogen and oxygen atoms in total. The smallest absolute Gasteiger partial charge is 0.257 e. The maximum Gasteiger partial charge on any atom is 0.257 e. The summed E-state index contributed by atoms with van der Waals surface area (Å²) in [5.41, 5.74) is 3.32. The number of benzene rings is 1. The topological polar surface area (TPSA) is 67.6 Å². The lowest BCUT2D eigenvalue weighted by Crippen LogP contribution is -2.38. The molecule has 6 heteroatoms. The predicted octanol–water partition coefficient (Wildman–Crippen LogP) is 3.40. The Hall–Kier alpha value is -2.18. The van der Waals surface area contributed by atoms with Crippen molar-refractivity contribution in [3.8, 4) is 11.3 Å². The summed E-state index contributed by atoms with van der Waals surface area (Å²) < 4.78 is 10.9. The zero-order valence-corrected chi connectivity index (χ0v) is 17.4. The number of rotatable bonds is 6. The van der Waals surface area contributed by atoms with Gasteiger partial charge < -0.3 is 14.6 Å². The van der Waals surface area contributed by atoms with Crippen LogP contribution in [0, 0.1) is 6.92 Å². The van der Waals surface area contributed by atoms with Crippen molar-refractivity contribution in [1.82, 2.24) is 15.4 Å². The summed E-state index contributed by atoms with van der Waals surface area (Å²) in [6.07, 6.45) is 0.908. The van der Waals surface area contributed by atoms with Crippen molar-refractivity contribution >= 4 is 5.91 Å². The molecule has 0 radical (unpaired) electrons. The van der Waals surface area contributed by atoms with Crippen molar-refractivity contribution in [2.75, 3.05) is 39.4 Å². The van der Waals surface area contributed by atoms with Crippen LogP contribution in [0.25, 0.3) is 11.3 Å². The SMILES string of the molecule is Cc1noc(-c2ccc(C(C)(C)C)cc2)c1C(=O)NCCCN1CCOCC1. The Kier molecular flexibility index (Phi) is 6.52. The van der Waals surface area contributed by atoms with Gasteiger partial charge in [-0.2, -0.15) is 0 Å². The number of amides is 1. The van der Waals surface area contributed by atoms with Gasteiger partial charge in [0.15, 0.2) is 5.76 Å². The molecular formula is C22H31N3O3. The Bertz CT molecular complexity index is 784. The van der Waals surface area contributed by atoms with E-state index in [1.807, 2.05) is 12.1 Å². The van der Waals surface area contributed by atoms with E-state index in [-0.39, 0.29) is 11.3 Å². The van der Waals surface area contributed by atoms with E-state index < -0.39 is 0 Å². The highest BCUT2D eigenvalue weighted by Gasteiger charge is 2.22. The number of carbonyl (C=O) groups excluding carboxylic acids is 1. The van der Waals surface area contributed by atoms with Gasteiger partial charge in [0.1, 0.15) is 5.56 Å². The Morgan fingerprint density at radius 1 is 1.18 bits per heavy atom. The molecule has 1 saturated heterocycles. The summed E-state index contributed by atoms with van der Waals surface area (Å²) in [6.45, 7) is 13.5. The number of aryl methyl sites for hydroxylation is 1. The van der Waals surface area contributed by atoms with Gasteiger partial charge in [0, 0.05) is 25.2 Å². The standard InChI is InChI=1S/C22H31N3O3/c1-16-19(21(26)23-10-5-11-25-12-14-27-15-13-25)20(28-24-16)17-6-8-18(9-7-17)22(2,3)4/h6-9H,5,10-15H2,1-4H3,(H,23,26). The van der Waals surface area contributed by atoms with Gasteiger partial charge in [0.25, 0.3) is 5.91 Å². The molecule has 28 heavy (non-hydrogen) atoms. The molecule has 0 bridgehead atoms. The Labute approximate surface area is 167 Å². The number of hydrogen-bond donors (Lipinski definition) is 1. The van der Waals surface area contributed by atoms with E-state index in [2.05, 4.69) is 48.3 Å². The van der Waals surface area contributed by atoms with Gasteiger partial charge in [-0.05, 0) is 30.9 Å². The van der Waals surface area contributed by atoms with Crippen LogP contribution < -0.4 is 5.32 Å². The molecule has 1 aliphatic heterocycles. The molecule has 2 heterocycles. The van der Waals surface area contributed by atoms with Crippen LogP contribution in [0.4, 0.5) is 0 Å². The molecule has 3 rings (SSSR count). The number of aromatic nitrogens is 1. The molecule has 0 spiro atoms.